The van der Waals surface area contributed by atoms with Crippen molar-refractivity contribution in [3.63, 3.8) is 0 Å². The van der Waals surface area contributed by atoms with Crippen molar-refractivity contribution in [1.82, 2.24) is 0 Å². The third-order valence-electron chi connectivity index (χ3n) is 3.76. The molecule has 6 nitrogen and oxygen atoms in total. The van der Waals surface area contributed by atoms with Crippen molar-refractivity contribution < 1.29 is 30.6 Å². The van der Waals surface area contributed by atoms with Crippen LogP contribution in [-0.4, -0.2) is 61.7 Å². The Labute approximate surface area is 136 Å². The second kappa shape index (κ2) is 9.00. The highest BCUT2D eigenvalue weighted by Gasteiger charge is 2.32. The van der Waals surface area contributed by atoms with Gasteiger partial charge >= 0.3 is 0 Å². The van der Waals surface area contributed by atoms with E-state index in [4.69, 9.17) is 5.11 Å². The molecule has 6 heteroatoms. The molecular formula is C17H26O6. The van der Waals surface area contributed by atoms with Crippen molar-refractivity contribution in [3.05, 3.63) is 40.6 Å². The van der Waals surface area contributed by atoms with Crippen LogP contribution in [0.15, 0.2) is 24.0 Å². The lowest BCUT2D eigenvalue weighted by Gasteiger charge is -2.25. The molecule has 6 N–H and O–H groups in total. The van der Waals surface area contributed by atoms with E-state index in [1.807, 2.05) is 19.1 Å². The predicted molar refractivity (Wildman–Crippen MR) is 86.9 cm³/mol. The van der Waals surface area contributed by atoms with Crippen LogP contribution in [0.25, 0.3) is 6.08 Å². The zero-order chi connectivity index (χ0) is 17.6. The van der Waals surface area contributed by atoms with Gasteiger partial charge in [-0.25, -0.2) is 0 Å². The summed E-state index contributed by atoms with van der Waals surface area (Å²) >= 11 is 0. The number of aliphatic hydroxyl groups excluding tert-OH is 6. The van der Waals surface area contributed by atoms with Gasteiger partial charge in [-0.3, -0.25) is 0 Å². The fourth-order valence-corrected chi connectivity index (χ4v) is 2.27. The number of aliphatic hydroxyl groups is 6. The molecule has 0 aliphatic carbocycles. The number of rotatable bonds is 8. The maximum Gasteiger partial charge on any atom is 0.139 e. The second-order valence-electron chi connectivity index (χ2n) is 5.68. The molecule has 4 atom stereocenters. The highest BCUT2D eigenvalue weighted by molar-refractivity contribution is 5.54. The molecule has 0 bridgehead atoms. The van der Waals surface area contributed by atoms with Gasteiger partial charge < -0.3 is 30.6 Å². The summed E-state index contributed by atoms with van der Waals surface area (Å²) in [5.41, 5.74) is 2.91. The Bertz CT molecular complexity index is 528. The average Bonchev–Trinajstić information content (AvgIpc) is 2.55. The van der Waals surface area contributed by atoms with Gasteiger partial charge in [-0.05, 0) is 36.1 Å². The van der Waals surface area contributed by atoms with Gasteiger partial charge in [0.2, 0.25) is 0 Å². The molecule has 0 saturated heterocycles. The molecule has 0 aliphatic heterocycles. The molecule has 0 saturated carbocycles. The fraction of sp³-hybridized carbons (Fsp3) is 0.529. The van der Waals surface area contributed by atoms with E-state index in [-0.39, 0.29) is 0 Å². The van der Waals surface area contributed by atoms with Gasteiger partial charge in [-0.15, -0.1) is 0 Å². The SMILES string of the molecule is CCCc1cc(C=C(O)[C@H](O)[C@@H](O)[C@H](O)[C@H](O)CO)ccc1C. The standard InChI is InChI=1S/C17H26O6/c1-3-4-12-7-11(6-5-10(12)2)8-13(19)15(21)17(23)16(22)14(20)9-18/h5-8,14-23H,3-4,9H2,1-2H3/t14-,15+,16-,17-/m1/s1. The summed E-state index contributed by atoms with van der Waals surface area (Å²) < 4.78 is 0. The number of benzene rings is 1. The zero-order valence-corrected chi connectivity index (χ0v) is 13.4. The maximum atomic E-state index is 9.93. The summed E-state index contributed by atoms with van der Waals surface area (Å²) in [7, 11) is 0. The average molecular weight is 326 g/mol. The van der Waals surface area contributed by atoms with Crippen molar-refractivity contribution in [3.8, 4) is 0 Å². The first kappa shape index (κ1) is 19.6. The lowest BCUT2D eigenvalue weighted by atomic mass is 9.98. The van der Waals surface area contributed by atoms with Crippen LogP contribution in [0.5, 0.6) is 0 Å². The van der Waals surface area contributed by atoms with Crippen LogP contribution in [0.1, 0.15) is 30.0 Å². The van der Waals surface area contributed by atoms with E-state index < -0.39 is 36.8 Å². The van der Waals surface area contributed by atoms with Crippen LogP contribution in [0.2, 0.25) is 0 Å². The minimum atomic E-state index is -1.83. The minimum Gasteiger partial charge on any atom is -0.509 e. The minimum absolute atomic E-state index is 0.534. The monoisotopic (exact) mass is 326 g/mol. The Hall–Kier alpha value is -1.44. The second-order valence-corrected chi connectivity index (χ2v) is 5.68. The van der Waals surface area contributed by atoms with Crippen LogP contribution in [0.3, 0.4) is 0 Å². The smallest absolute Gasteiger partial charge is 0.139 e. The predicted octanol–water partition coefficient (Wildman–Crippen LogP) is 0.282. The third-order valence-corrected chi connectivity index (χ3v) is 3.76. The van der Waals surface area contributed by atoms with E-state index in [0.29, 0.717) is 5.56 Å². The molecule has 0 amide bonds. The Morgan fingerprint density at radius 3 is 2.35 bits per heavy atom. The first-order chi connectivity index (χ1) is 10.8. The van der Waals surface area contributed by atoms with Crippen molar-refractivity contribution in [2.75, 3.05) is 6.61 Å². The molecule has 1 aromatic rings. The van der Waals surface area contributed by atoms with Gasteiger partial charge in [0.25, 0.3) is 0 Å². The Balaban J connectivity index is 2.92. The molecule has 1 rings (SSSR count). The summed E-state index contributed by atoms with van der Waals surface area (Å²) in [4.78, 5) is 0. The van der Waals surface area contributed by atoms with Gasteiger partial charge in [-0.2, -0.15) is 0 Å². The summed E-state index contributed by atoms with van der Waals surface area (Å²) in [5.74, 6) is -0.534. The Morgan fingerprint density at radius 2 is 1.78 bits per heavy atom. The molecule has 0 spiro atoms. The number of hydrogen-bond acceptors (Lipinski definition) is 6. The number of hydrogen-bond donors (Lipinski definition) is 6. The lowest BCUT2D eigenvalue weighted by Crippen LogP contribution is -2.46. The van der Waals surface area contributed by atoms with Crippen LogP contribution in [-0.2, 0) is 6.42 Å². The first-order valence-electron chi connectivity index (χ1n) is 7.65. The van der Waals surface area contributed by atoms with E-state index >= 15 is 0 Å². The highest BCUT2D eigenvalue weighted by atomic mass is 16.4. The van der Waals surface area contributed by atoms with Crippen molar-refractivity contribution in [2.24, 2.45) is 0 Å². The fourth-order valence-electron chi connectivity index (χ4n) is 2.27. The van der Waals surface area contributed by atoms with E-state index in [9.17, 15) is 25.5 Å². The van der Waals surface area contributed by atoms with Crippen molar-refractivity contribution in [1.29, 1.82) is 0 Å². The first-order valence-corrected chi connectivity index (χ1v) is 7.65. The van der Waals surface area contributed by atoms with E-state index in [1.54, 1.807) is 6.07 Å². The van der Waals surface area contributed by atoms with Crippen LogP contribution in [0.4, 0.5) is 0 Å². The van der Waals surface area contributed by atoms with Crippen LogP contribution >= 0.6 is 0 Å². The molecule has 130 valence electrons. The van der Waals surface area contributed by atoms with Crippen LogP contribution < -0.4 is 0 Å². The molecular weight excluding hydrogens is 300 g/mol. The van der Waals surface area contributed by atoms with Gasteiger partial charge in [0.1, 0.15) is 30.2 Å². The topological polar surface area (TPSA) is 121 Å². The van der Waals surface area contributed by atoms with Gasteiger partial charge in [0.05, 0.1) is 6.61 Å². The largest absolute Gasteiger partial charge is 0.509 e. The molecule has 23 heavy (non-hydrogen) atoms. The lowest BCUT2D eigenvalue weighted by molar-refractivity contribution is -0.112. The molecule has 0 aromatic heterocycles. The normalized spacial score (nSPS) is 17.6. The Kier molecular flexibility index (Phi) is 7.67. The molecule has 0 fully saturated rings. The van der Waals surface area contributed by atoms with Gasteiger partial charge in [-0.1, -0.05) is 31.5 Å². The van der Waals surface area contributed by atoms with Gasteiger partial charge in [0.15, 0.2) is 0 Å². The summed E-state index contributed by atoms with van der Waals surface area (Å²) in [6, 6.07) is 5.55. The van der Waals surface area contributed by atoms with E-state index in [1.165, 1.54) is 6.08 Å². The zero-order valence-electron chi connectivity index (χ0n) is 13.4. The highest BCUT2D eigenvalue weighted by Crippen LogP contribution is 2.18. The molecule has 0 unspecified atom stereocenters. The molecule has 0 aliphatic rings. The van der Waals surface area contributed by atoms with Crippen molar-refractivity contribution >= 4 is 6.08 Å². The van der Waals surface area contributed by atoms with E-state index in [0.717, 1.165) is 24.0 Å². The van der Waals surface area contributed by atoms with Crippen molar-refractivity contribution in [2.45, 2.75) is 51.1 Å². The molecule has 0 radical (unpaired) electrons. The van der Waals surface area contributed by atoms with E-state index in [2.05, 4.69) is 6.92 Å². The quantitative estimate of drug-likeness (QED) is 0.382. The number of aryl methyl sites for hydroxylation is 2. The summed E-state index contributed by atoms with van der Waals surface area (Å²) in [6.45, 7) is 3.28. The molecule has 1 aromatic carbocycles. The van der Waals surface area contributed by atoms with Crippen LogP contribution in [0, 0.1) is 6.92 Å². The maximum absolute atomic E-state index is 9.93. The Morgan fingerprint density at radius 1 is 1.13 bits per heavy atom. The van der Waals surface area contributed by atoms with Gasteiger partial charge in [0, 0.05) is 0 Å². The third kappa shape index (κ3) is 5.30. The summed E-state index contributed by atoms with van der Waals surface area (Å²) in [6.07, 6.45) is -3.82. The molecule has 0 heterocycles. The summed E-state index contributed by atoms with van der Waals surface area (Å²) in [5, 5.41) is 57.1.